The molecule has 40 heavy (non-hydrogen) atoms. The highest BCUT2D eigenvalue weighted by molar-refractivity contribution is 8.00. The van der Waals surface area contributed by atoms with E-state index in [0.29, 0.717) is 38.7 Å². The molecular formula is C28H25N3O7S2. The van der Waals surface area contributed by atoms with Crippen LogP contribution in [0.3, 0.4) is 0 Å². The third-order valence-corrected chi connectivity index (χ3v) is 8.35. The average Bonchev–Trinajstić information content (AvgIpc) is 3.69. The minimum Gasteiger partial charge on any atom is -0.503 e. The number of amides is 1. The molecule has 0 fully saturated rings. The zero-order valence-electron chi connectivity index (χ0n) is 22.0. The van der Waals surface area contributed by atoms with Crippen molar-refractivity contribution in [1.82, 2.24) is 10.2 Å². The van der Waals surface area contributed by atoms with Crippen LogP contribution >= 0.6 is 23.1 Å². The van der Waals surface area contributed by atoms with Crippen LogP contribution in [0.2, 0.25) is 0 Å². The smallest absolute Gasteiger partial charge is 0.296 e. The second kappa shape index (κ2) is 11.4. The standard InChI is InChI=1S/C28H25N3O7S2/c1-15-10-11-18(38-15)23(32)21-22(17-12-19(35-2)25(37-4)20(13-17)36-3)31(26(34)24(21)33)27-29-30-28(40-27)39-14-16-8-6-5-7-9-16/h5-13,22,33H,14H2,1-4H3. The fraction of sp³-hybridized carbons (Fsp3) is 0.214. The lowest BCUT2D eigenvalue weighted by Crippen LogP contribution is -2.31. The molecule has 3 heterocycles. The van der Waals surface area contributed by atoms with E-state index in [1.54, 1.807) is 25.1 Å². The number of benzene rings is 2. The Morgan fingerprint density at radius 3 is 2.35 bits per heavy atom. The number of ketones is 1. The van der Waals surface area contributed by atoms with Crippen LogP contribution in [0.4, 0.5) is 5.13 Å². The van der Waals surface area contributed by atoms with Crippen molar-refractivity contribution in [1.29, 1.82) is 0 Å². The lowest BCUT2D eigenvalue weighted by molar-refractivity contribution is -0.117. The maximum atomic E-state index is 13.7. The summed E-state index contributed by atoms with van der Waals surface area (Å²) in [4.78, 5) is 28.5. The van der Waals surface area contributed by atoms with Gasteiger partial charge < -0.3 is 23.7 Å². The summed E-state index contributed by atoms with van der Waals surface area (Å²) in [6, 6.07) is 15.2. The molecule has 12 heteroatoms. The highest BCUT2D eigenvalue weighted by Crippen LogP contribution is 2.48. The van der Waals surface area contributed by atoms with Gasteiger partial charge in [-0.2, -0.15) is 0 Å². The number of ether oxygens (including phenoxy) is 3. The Morgan fingerprint density at radius 2 is 1.75 bits per heavy atom. The van der Waals surface area contributed by atoms with Gasteiger partial charge in [0.1, 0.15) is 5.76 Å². The molecule has 0 saturated heterocycles. The molecule has 1 aliphatic heterocycles. The number of aromatic nitrogens is 2. The van der Waals surface area contributed by atoms with Crippen molar-refractivity contribution in [3.05, 3.63) is 88.6 Å². The molecule has 1 atom stereocenters. The first kappa shape index (κ1) is 27.3. The van der Waals surface area contributed by atoms with E-state index in [1.807, 2.05) is 30.3 Å². The average molecular weight is 580 g/mol. The molecule has 1 aliphatic rings. The van der Waals surface area contributed by atoms with Gasteiger partial charge in [0, 0.05) is 5.75 Å². The lowest BCUT2D eigenvalue weighted by Gasteiger charge is -2.25. The van der Waals surface area contributed by atoms with Gasteiger partial charge in [0.05, 0.1) is 32.9 Å². The summed E-state index contributed by atoms with van der Waals surface area (Å²) in [5.41, 5.74) is 1.37. The highest BCUT2D eigenvalue weighted by atomic mass is 32.2. The predicted molar refractivity (Wildman–Crippen MR) is 150 cm³/mol. The van der Waals surface area contributed by atoms with Crippen LogP contribution in [-0.2, 0) is 10.5 Å². The van der Waals surface area contributed by atoms with Gasteiger partial charge in [-0.25, -0.2) is 0 Å². The number of furan rings is 1. The number of carbonyl (C=O) groups is 2. The third kappa shape index (κ3) is 5.03. The molecule has 0 radical (unpaired) electrons. The number of rotatable bonds is 10. The zero-order valence-corrected chi connectivity index (χ0v) is 23.7. The molecule has 0 bridgehead atoms. The number of aryl methyl sites for hydroxylation is 1. The Kier molecular flexibility index (Phi) is 7.81. The number of methoxy groups -OCH3 is 3. The van der Waals surface area contributed by atoms with E-state index in [9.17, 15) is 14.7 Å². The summed E-state index contributed by atoms with van der Waals surface area (Å²) in [5, 5.41) is 19.8. The van der Waals surface area contributed by atoms with Crippen molar-refractivity contribution >= 4 is 39.9 Å². The molecule has 5 rings (SSSR count). The number of carbonyl (C=O) groups excluding carboxylic acids is 2. The molecule has 206 valence electrons. The molecule has 1 N–H and O–H groups in total. The van der Waals surface area contributed by atoms with Gasteiger partial charge in [0.25, 0.3) is 5.91 Å². The molecule has 1 unspecified atom stereocenters. The topological polar surface area (TPSA) is 124 Å². The largest absolute Gasteiger partial charge is 0.503 e. The van der Waals surface area contributed by atoms with Gasteiger partial charge in [-0.15, -0.1) is 10.2 Å². The van der Waals surface area contributed by atoms with E-state index in [4.69, 9.17) is 18.6 Å². The molecule has 0 aliphatic carbocycles. The normalized spacial score (nSPS) is 15.1. The van der Waals surface area contributed by atoms with E-state index < -0.39 is 23.5 Å². The van der Waals surface area contributed by atoms with Crippen LogP contribution in [0.1, 0.15) is 33.5 Å². The second-order valence-corrected chi connectivity index (χ2v) is 10.8. The minimum absolute atomic E-state index is 0.0116. The number of Topliss-reactive ketones (excluding diaryl/α,β-unsaturated/α-hetero) is 1. The Bertz CT molecular complexity index is 1570. The van der Waals surface area contributed by atoms with E-state index in [0.717, 1.165) is 5.56 Å². The first-order valence-electron chi connectivity index (χ1n) is 12.0. The van der Waals surface area contributed by atoms with Crippen LogP contribution < -0.4 is 19.1 Å². The van der Waals surface area contributed by atoms with E-state index in [1.165, 1.54) is 55.4 Å². The van der Waals surface area contributed by atoms with E-state index >= 15 is 0 Å². The van der Waals surface area contributed by atoms with Crippen LogP contribution in [0, 0.1) is 6.92 Å². The molecule has 2 aromatic heterocycles. The van der Waals surface area contributed by atoms with Crippen LogP contribution in [-0.4, -0.2) is 48.3 Å². The summed E-state index contributed by atoms with van der Waals surface area (Å²) in [7, 11) is 4.40. The van der Waals surface area contributed by atoms with Crippen molar-refractivity contribution < 1.29 is 33.3 Å². The predicted octanol–water partition coefficient (Wildman–Crippen LogP) is 5.54. The highest BCUT2D eigenvalue weighted by Gasteiger charge is 2.47. The van der Waals surface area contributed by atoms with Crippen LogP contribution in [0.25, 0.3) is 0 Å². The fourth-order valence-corrected chi connectivity index (χ4v) is 6.20. The van der Waals surface area contributed by atoms with Gasteiger partial charge in [0.2, 0.25) is 16.7 Å². The maximum absolute atomic E-state index is 13.7. The number of hydrogen-bond donors (Lipinski definition) is 1. The number of aliphatic hydroxyl groups excluding tert-OH is 1. The van der Waals surface area contributed by atoms with Gasteiger partial charge in [-0.3, -0.25) is 14.5 Å². The number of aliphatic hydroxyl groups is 1. The first-order chi connectivity index (χ1) is 19.4. The zero-order chi connectivity index (χ0) is 28.4. The van der Waals surface area contributed by atoms with Crippen molar-refractivity contribution in [2.24, 2.45) is 0 Å². The summed E-state index contributed by atoms with van der Waals surface area (Å²) >= 11 is 2.65. The molecule has 2 aromatic carbocycles. The van der Waals surface area contributed by atoms with E-state index in [2.05, 4.69) is 10.2 Å². The van der Waals surface area contributed by atoms with Gasteiger partial charge >= 0.3 is 0 Å². The van der Waals surface area contributed by atoms with Gasteiger partial charge in [-0.1, -0.05) is 53.4 Å². The number of thioether (sulfide) groups is 1. The lowest BCUT2D eigenvalue weighted by atomic mass is 9.94. The molecule has 4 aromatic rings. The Hall–Kier alpha value is -4.29. The SMILES string of the molecule is COc1cc(C2C(C(=O)c3ccc(C)o3)=C(O)C(=O)N2c2nnc(SCc3ccccc3)s2)cc(OC)c1OC. The van der Waals surface area contributed by atoms with Crippen molar-refractivity contribution in [2.45, 2.75) is 23.1 Å². The Morgan fingerprint density at radius 1 is 1.05 bits per heavy atom. The van der Waals surface area contributed by atoms with Crippen molar-refractivity contribution in [3.8, 4) is 17.2 Å². The molecule has 0 saturated carbocycles. The minimum atomic E-state index is -1.08. The summed E-state index contributed by atoms with van der Waals surface area (Å²) < 4.78 is 22.6. The molecular weight excluding hydrogens is 554 g/mol. The maximum Gasteiger partial charge on any atom is 0.296 e. The monoisotopic (exact) mass is 579 g/mol. The third-order valence-electron chi connectivity index (χ3n) is 6.23. The number of hydrogen-bond acceptors (Lipinski definition) is 11. The summed E-state index contributed by atoms with van der Waals surface area (Å²) in [6.07, 6.45) is 0. The molecule has 10 nitrogen and oxygen atoms in total. The number of nitrogens with zero attached hydrogens (tertiary/aromatic N) is 3. The Labute approximate surface area is 238 Å². The van der Waals surface area contributed by atoms with E-state index in [-0.39, 0.29) is 16.5 Å². The fourth-order valence-electron chi connectivity index (χ4n) is 4.38. The van der Waals surface area contributed by atoms with Crippen molar-refractivity contribution in [2.75, 3.05) is 26.2 Å². The number of anilines is 1. The quantitative estimate of drug-likeness (QED) is 0.145. The van der Waals surface area contributed by atoms with Crippen LogP contribution in [0.5, 0.6) is 17.2 Å². The first-order valence-corrected chi connectivity index (χ1v) is 13.8. The molecule has 0 spiro atoms. The van der Waals surface area contributed by atoms with Gasteiger partial charge in [-0.05, 0) is 42.3 Å². The van der Waals surface area contributed by atoms with Gasteiger partial charge in [0.15, 0.2) is 27.4 Å². The van der Waals surface area contributed by atoms with Crippen LogP contribution in [0.15, 0.2) is 74.7 Å². The summed E-state index contributed by atoms with van der Waals surface area (Å²) in [5.74, 6) is -0.00924. The second-order valence-electron chi connectivity index (χ2n) is 8.66. The summed E-state index contributed by atoms with van der Waals surface area (Å²) in [6.45, 7) is 1.70. The molecule has 1 amide bonds. The Balaban J connectivity index is 1.59. The van der Waals surface area contributed by atoms with Crippen molar-refractivity contribution in [3.63, 3.8) is 0 Å².